The van der Waals surface area contributed by atoms with Gasteiger partial charge in [0.1, 0.15) is 24.4 Å². The molecule has 0 aromatic carbocycles. The molecule has 0 aliphatic carbocycles. The Balaban J connectivity index is 2.26. The molecule has 1 rings (SSSR count). The van der Waals surface area contributed by atoms with Crippen LogP contribution >= 0.6 is 0 Å². The summed E-state index contributed by atoms with van der Waals surface area (Å²) in [5.74, 6) is -0.221. The number of hydrogen-bond donors (Lipinski definition) is 6. The minimum Gasteiger partial charge on any atom is -0.394 e. The average Bonchev–Trinajstić information content (AvgIpc) is 3.60. The topological polar surface area (TPSA) is 149 Å². The predicted octanol–water partition coefficient (Wildman–Crippen LogP) is 18.0. The highest BCUT2D eigenvalue weighted by Crippen LogP contribution is 2.23. The number of carbonyl (C=O) groups excluding carboxylic acids is 1. The van der Waals surface area contributed by atoms with E-state index in [1.165, 1.54) is 96.3 Å². The fourth-order valence-corrected chi connectivity index (χ4v) is 9.39. The first-order chi connectivity index (χ1) is 40.8. The molecule has 7 atom stereocenters. The second kappa shape index (κ2) is 60.9. The maximum atomic E-state index is 13.1. The van der Waals surface area contributed by atoms with Gasteiger partial charge >= 0.3 is 0 Å². The molecular weight excluding hydrogens is 1030 g/mol. The summed E-state index contributed by atoms with van der Waals surface area (Å²) >= 11 is 0. The van der Waals surface area contributed by atoms with Crippen LogP contribution in [0.2, 0.25) is 0 Å². The Morgan fingerprint density at radius 3 is 1.16 bits per heavy atom. The van der Waals surface area contributed by atoms with E-state index < -0.39 is 49.5 Å². The van der Waals surface area contributed by atoms with Gasteiger partial charge in [0.05, 0.1) is 25.4 Å². The molecule has 1 heterocycles. The van der Waals surface area contributed by atoms with Crippen LogP contribution in [0.4, 0.5) is 0 Å². The van der Waals surface area contributed by atoms with Gasteiger partial charge in [0.15, 0.2) is 6.29 Å². The number of rotatable bonds is 55. The quantitative estimate of drug-likeness (QED) is 0.0261. The van der Waals surface area contributed by atoms with Crippen molar-refractivity contribution in [3.8, 4) is 0 Å². The van der Waals surface area contributed by atoms with Crippen LogP contribution < -0.4 is 5.32 Å². The van der Waals surface area contributed by atoms with Crippen molar-refractivity contribution in [3.63, 3.8) is 0 Å². The van der Waals surface area contributed by atoms with E-state index in [0.29, 0.717) is 19.3 Å². The van der Waals surface area contributed by atoms with Crippen LogP contribution in [0.15, 0.2) is 158 Å². The van der Waals surface area contributed by atoms with Crippen molar-refractivity contribution in [2.75, 3.05) is 13.2 Å². The zero-order valence-corrected chi connectivity index (χ0v) is 52.4. The molecule has 0 aromatic rings. The highest BCUT2D eigenvalue weighted by Gasteiger charge is 2.44. The molecule has 1 fully saturated rings. The lowest BCUT2D eigenvalue weighted by molar-refractivity contribution is -0.302. The van der Waals surface area contributed by atoms with E-state index >= 15 is 0 Å². The van der Waals surface area contributed by atoms with Crippen molar-refractivity contribution >= 4 is 5.91 Å². The Labute approximate surface area is 507 Å². The van der Waals surface area contributed by atoms with Crippen LogP contribution in [0.5, 0.6) is 0 Å². The Bertz CT molecular complexity index is 1860. The molecule has 1 aliphatic heterocycles. The van der Waals surface area contributed by atoms with Crippen LogP contribution in [0.1, 0.15) is 245 Å². The maximum absolute atomic E-state index is 13.1. The summed E-state index contributed by atoms with van der Waals surface area (Å²) < 4.78 is 11.3. The molecule has 7 unspecified atom stereocenters. The first-order valence-electron chi connectivity index (χ1n) is 33.2. The zero-order chi connectivity index (χ0) is 60.0. The van der Waals surface area contributed by atoms with E-state index in [1.807, 2.05) is 6.08 Å². The lowest BCUT2D eigenvalue weighted by Gasteiger charge is -2.40. The number of unbranched alkanes of at least 4 members (excludes halogenated alkanes) is 21. The first-order valence-corrected chi connectivity index (χ1v) is 33.2. The minimum absolute atomic E-state index is 0.221. The molecule has 83 heavy (non-hydrogen) atoms. The standard InChI is InChI=1S/C74H121NO8/c1-3-5-7-9-11-13-15-17-19-21-23-25-27-29-30-31-32-33-34-35-36-37-38-40-42-44-46-48-50-52-54-56-58-60-62-64-70(78)75-67(66-82-74-73(81)72(80)71(79)69(65-76)83-74)68(77)63-61-59-57-55-53-51-49-47-45-43-41-39-28-26-24-22-20-18-16-14-12-10-8-6-4-2/h5,7,11,13,17,19,23,25,29-30,32-33,35-36,38,40,44-47,50,52-53,55,61,63,67-69,71-74,76-77,79-81H,3-4,6,8-10,12,14-16,18,20-22,24,26-28,31,34,37,39,41-43,48-49,51,54,56-60,62,64-66H2,1-2H3,(H,75,78)/b7-5-,13-11-,19-17-,25-23-,30-29-,33-32-,36-35-,40-38-,46-44-,47-45+,52-50-,55-53+,63-61+. The molecule has 0 aromatic heterocycles. The summed E-state index contributed by atoms with van der Waals surface area (Å²) in [6.45, 7) is 3.63. The SMILES string of the molecule is CC/C=C\C/C=C\C/C=C\C/C=C\C/C=C\C/C=C\C/C=C\C/C=C\C/C=C\C/C=C\CCCCCCC(=O)NC(COC1OC(CO)C(O)C(O)C1O)C(O)/C=C/CC/C=C/CC/C=C/CCCCCCCCCCCCCCCCC. The normalized spacial score (nSPS) is 19.3. The second-order valence-electron chi connectivity index (χ2n) is 22.2. The summed E-state index contributed by atoms with van der Waals surface area (Å²) in [5, 5.41) is 54.6. The number of aliphatic hydroxyl groups excluding tert-OH is 5. The molecule has 6 N–H and O–H groups in total. The molecular formula is C74H121NO8. The predicted molar refractivity (Wildman–Crippen MR) is 354 cm³/mol. The molecule has 1 amide bonds. The second-order valence-corrected chi connectivity index (χ2v) is 22.2. The van der Waals surface area contributed by atoms with Crippen molar-refractivity contribution in [2.24, 2.45) is 0 Å². The van der Waals surface area contributed by atoms with Gasteiger partial charge in [0, 0.05) is 6.42 Å². The van der Waals surface area contributed by atoms with Crippen molar-refractivity contribution in [1.82, 2.24) is 5.32 Å². The Hall–Kier alpha value is -4.19. The largest absolute Gasteiger partial charge is 0.394 e. The number of nitrogens with one attached hydrogen (secondary N) is 1. The third-order valence-electron chi connectivity index (χ3n) is 14.6. The third-order valence-corrected chi connectivity index (χ3v) is 14.6. The van der Waals surface area contributed by atoms with Crippen LogP contribution in [-0.2, 0) is 14.3 Å². The zero-order valence-electron chi connectivity index (χ0n) is 52.4. The number of aliphatic hydroxyl groups is 5. The van der Waals surface area contributed by atoms with Crippen molar-refractivity contribution in [2.45, 2.75) is 288 Å². The lowest BCUT2D eigenvalue weighted by Crippen LogP contribution is -2.60. The van der Waals surface area contributed by atoms with E-state index in [1.54, 1.807) is 6.08 Å². The maximum Gasteiger partial charge on any atom is 0.220 e. The van der Waals surface area contributed by atoms with Crippen LogP contribution in [0, 0.1) is 0 Å². The van der Waals surface area contributed by atoms with Gasteiger partial charge in [-0.15, -0.1) is 0 Å². The van der Waals surface area contributed by atoms with Crippen LogP contribution in [0.3, 0.4) is 0 Å². The van der Waals surface area contributed by atoms with E-state index in [0.717, 1.165) is 116 Å². The number of hydrogen-bond acceptors (Lipinski definition) is 8. The molecule has 9 nitrogen and oxygen atoms in total. The first kappa shape index (κ1) is 76.8. The number of ether oxygens (including phenoxy) is 2. The van der Waals surface area contributed by atoms with Crippen molar-refractivity contribution in [1.29, 1.82) is 0 Å². The molecule has 1 aliphatic rings. The molecule has 0 bridgehead atoms. The summed E-state index contributed by atoms with van der Waals surface area (Å²) in [4.78, 5) is 13.1. The van der Waals surface area contributed by atoms with Crippen molar-refractivity contribution < 1.29 is 39.8 Å². The number of amides is 1. The van der Waals surface area contributed by atoms with Gasteiger partial charge in [-0.1, -0.05) is 275 Å². The minimum atomic E-state index is -1.59. The monoisotopic (exact) mass is 1150 g/mol. The lowest BCUT2D eigenvalue weighted by atomic mass is 9.99. The molecule has 1 saturated heterocycles. The average molecular weight is 1150 g/mol. The van der Waals surface area contributed by atoms with E-state index in [2.05, 4.69) is 165 Å². The van der Waals surface area contributed by atoms with E-state index in [9.17, 15) is 30.3 Å². The number of allylic oxidation sites excluding steroid dienone is 25. The highest BCUT2D eigenvalue weighted by atomic mass is 16.7. The van der Waals surface area contributed by atoms with Crippen molar-refractivity contribution in [3.05, 3.63) is 158 Å². The van der Waals surface area contributed by atoms with Gasteiger partial charge < -0.3 is 40.3 Å². The Morgan fingerprint density at radius 1 is 0.422 bits per heavy atom. The summed E-state index contributed by atoms with van der Waals surface area (Å²) in [6.07, 6.45) is 89.0. The van der Waals surface area contributed by atoms with Gasteiger partial charge in [-0.2, -0.15) is 0 Å². The fraction of sp³-hybridized carbons (Fsp3) is 0.635. The van der Waals surface area contributed by atoms with E-state index in [4.69, 9.17) is 9.47 Å². The summed E-state index contributed by atoms with van der Waals surface area (Å²) in [6, 6.07) is -0.856. The summed E-state index contributed by atoms with van der Waals surface area (Å²) in [7, 11) is 0. The molecule has 0 radical (unpaired) electrons. The van der Waals surface area contributed by atoms with Gasteiger partial charge in [-0.25, -0.2) is 0 Å². The Kier molecular flexibility index (Phi) is 56.4. The van der Waals surface area contributed by atoms with Gasteiger partial charge in [0.2, 0.25) is 5.91 Å². The molecule has 9 heteroatoms. The molecule has 470 valence electrons. The van der Waals surface area contributed by atoms with E-state index in [-0.39, 0.29) is 12.5 Å². The van der Waals surface area contributed by atoms with Crippen LogP contribution in [0.25, 0.3) is 0 Å². The molecule has 0 spiro atoms. The highest BCUT2D eigenvalue weighted by molar-refractivity contribution is 5.76. The Morgan fingerprint density at radius 2 is 0.759 bits per heavy atom. The summed E-state index contributed by atoms with van der Waals surface area (Å²) in [5.41, 5.74) is 0. The number of carbonyl (C=O) groups is 1. The van der Waals surface area contributed by atoms with Gasteiger partial charge in [-0.05, 0) is 122 Å². The van der Waals surface area contributed by atoms with Crippen LogP contribution in [-0.4, -0.2) is 87.5 Å². The third kappa shape index (κ3) is 49.7. The smallest absolute Gasteiger partial charge is 0.220 e. The molecule has 0 saturated carbocycles. The van der Waals surface area contributed by atoms with Gasteiger partial charge in [0.25, 0.3) is 0 Å². The van der Waals surface area contributed by atoms with Gasteiger partial charge in [-0.3, -0.25) is 4.79 Å². The fourth-order valence-electron chi connectivity index (χ4n) is 9.39.